The summed E-state index contributed by atoms with van der Waals surface area (Å²) in [4.78, 5) is 23.2. The fraction of sp³-hybridized carbons (Fsp3) is 0.556. The number of hydrogen-bond donors (Lipinski definition) is 4. The normalized spacial score (nSPS) is 10.9. The second-order valence-electron chi connectivity index (χ2n) is 5.64. The molecule has 0 aromatic heterocycles. The first kappa shape index (κ1) is 24.0. The van der Waals surface area contributed by atoms with Crippen LogP contribution in [0.1, 0.15) is 44.7 Å². The second kappa shape index (κ2) is 14.0. The molecule has 0 aliphatic rings. The average Bonchev–Trinajstić information content (AvgIpc) is 2.66. The SMILES string of the molecule is O=C(O)c1ccc(COCOCCCO)c(C(=O)O)c1COCOCCCO. The van der Waals surface area contributed by atoms with Crippen LogP contribution >= 0.6 is 0 Å². The van der Waals surface area contributed by atoms with Gasteiger partial charge >= 0.3 is 11.9 Å². The zero-order valence-corrected chi connectivity index (χ0v) is 15.5. The van der Waals surface area contributed by atoms with Gasteiger partial charge < -0.3 is 39.4 Å². The van der Waals surface area contributed by atoms with Crippen LogP contribution in [0.15, 0.2) is 12.1 Å². The Morgan fingerprint density at radius 2 is 1.36 bits per heavy atom. The summed E-state index contributed by atoms with van der Waals surface area (Å²) in [5.41, 5.74) is -0.0996. The lowest BCUT2D eigenvalue weighted by atomic mass is 9.96. The average molecular weight is 402 g/mol. The van der Waals surface area contributed by atoms with E-state index in [0.717, 1.165) is 0 Å². The smallest absolute Gasteiger partial charge is 0.336 e. The van der Waals surface area contributed by atoms with E-state index in [4.69, 9.17) is 29.2 Å². The first-order chi connectivity index (χ1) is 13.5. The van der Waals surface area contributed by atoms with Gasteiger partial charge in [-0.3, -0.25) is 0 Å². The van der Waals surface area contributed by atoms with Crippen LogP contribution in [0.3, 0.4) is 0 Å². The third-order valence-corrected chi connectivity index (χ3v) is 3.57. The Labute approximate surface area is 162 Å². The molecule has 0 fully saturated rings. The molecule has 0 aliphatic heterocycles. The van der Waals surface area contributed by atoms with E-state index in [0.29, 0.717) is 19.4 Å². The highest BCUT2D eigenvalue weighted by molar-refractivity contribution is 5.97. The quantitative estimate of drug-likeness (QED) is 0.231. The van der Waals surface area contributed by atoms with Crippen molar-refractivity contribution in [3.8, 4) is 0 Å². The van der Waals surface area contributed by atoms with Crippen LogP contribution in [0.5, 0.6) is 0 Å². The lowest BCUT2D eigenvalue weighted by molar-refractivity contribution is -0.0656. The molecule has 0 amide bonds. The van der Waals surface area contributed by atoms with Crippen LogP contribution in [-0.4, -0.2) is 72.4 Å². The molecule has 10 nitrogen and oxygen atoms in total. The largest absolute Gasteiger partial charge is 0.478 e. The maximum Gasteiger partial charge on any atom is 0.336 e. The number of aliphatic hydroxyl groups is 2. The molecule has 0 bridgehead atoms. The molecular formula is C18H26O10. The highest BCUT2D eigenvalue weighted by atomic mass is 16.7. The van der Waals surface area contributed by atoms with E-state index in [-0.39, 0.29) is 68.9 Å². The molecule has 1 aromatic rings. The minimum absolute atomic E-state index is 0.00706. The van der Waals surface area contributed by atoms with Gasteiger partial charge in [0.1, 0.15) is 13.6 Å². The van der Waals surface area contributed by atoms with Crippen molar-refractivity contribution in [1.82, 2.24) is 0 Å². The summed E-state index contributed by atoms with van der Waals surface area (Å²) >= 11 is 0. The van der Waals surface area contributed by atoms with E-state index in [1.54, 1.807) is 0 Å². The Kier molecular flexibility index (Phi) is 12.0. The van der Waals surface area contributed by atoms with Crippen LogP contribution < -0.4 is 0 Å². The molecule has 1 aromatic carbocycles. The number of rotatable bonds is 16. The molecule has 0 saturated carbocycles. The molecule has 158 valence electrons. The van der Waals surface area contributed by atoms with Crippen molar-refractivity contribution in [2.24, 2.45) is 0 Å². The molecule has 0 aliphatic carbocycles. The maximum atomic E-state index is 11.7. The first-order valence-electron chi connectivity index (χ1n) is 8.67. The summed E-state index contributed by atoms with van der Waals surface area (Å²) in [7, 11) is 0. The van der Waals surface area contributed by atoms with Crippen molar-refractivity contribution in [2.45, 2.75) is 26.1 Å². The molecule has 0 unspecified atom stereocenters. The van der Waals surface area contributed by atoms with E-state index in [2.05, 4.69) is 0 Å². The van der Waals surface area contributed by atoms with E-state index in [9.17, 15) is 19.8 Å². The number of ether oxygens (including phenoxy) is 4. The summed E-state index contributed by atoms with van der Waals surface area (Å²) < 4.78 is 20.8. The van der Waals surface area contributed by atoms with Gasteiger partial charge in [-0.1, -0.05) is 6.07 Å². The van der Waals surface area contributed by atoms with Gasteiger partial charge in [0.15, 0.2) is 0 Å². The third kappa shape index (κ3) is 8.30. The van der Waals surface area contributed by atoms with Crippen LogP contribution in [0, 0.1) is 0 Å². The van der Waals surface area contributed by atoms with Gasteiger partial charge in [0, 0.05) is 18.8 Å². The van der Waals surface area contributed by atoms with Crippen molar-refractivity contribution in [3.05, 3.63) is 34.4 Å². The van der Waals surface area contributed by atoms with Crippen LogP contribution in [0.4, 0.5) is 0 Å². The first-order valence-corrected chi connectivity index (χ1v) is 8.67. The van der Waals surface area contributed by atoms with E-state index < -0.39 is 11.9 Å². The predicted octanol–water partition coefficient (Wildman–Crippen LogP) is 0.829. The Balaban J connectivity index is 2.84. The number of carbonyl (C=O) groups is 2. The number of hydrogen-bond acceptors (Lipinski definition) is 8. The van der Waals surface area contributed by atoms with Crippen molar-refractivity contribution in [2.75, 3.05) is 40.0 Å². The summed E-state index contributed by atoms with van der Waals surface area (Å²) in [6, 6.07) is 2.67. The van der Waals surface area contributed by atoms with Gasteiger partial charge in [-0.2, -0.15) is 0 Å². The van der Waals surface area contributed by atoms with Gasteiger partial charge in [0.25, 0.3) is 0 Å². The van der Waals surface area contributed by atoms with Crippen LogP contribution in [0.2, 0.25) is 0 Å². The van der Waals surface area contributed by atoms with Gasteiger partial charge in [-0.05, 0) is 24.5 Å². The zero-order chi connectivity index (χ0) is 20.8. The summed E-state index contributed by atoms with van der Waals surface area (Å²) in [5.74, 6) is -2.58. The van der Waals surface area contributed by atoms with Gasteiger partial charge in [0.05, 0.1) is 37.6 Å². The summed E-state index contributed by atoms with van der Waals surface area (Å²) in [5, 5.41) is 36.3. The summed E-state index contributed by atoms with van der Waals surface area (Å²) in [6.07, 6.45) is 0.885. The van der Waals surface area contributed by atoms with Crippen molar-refractivity contribution in [3.63, 3.8) is 0 Å². The van der Waals surface area contributed by atoms with Gasteiger partial charge in [-0.15, -0.1) is 0 Å². The summed E-state index contributed by atoms with van der Waals surface area (Å²) in [6.45, 7) is -0.107. The van der Waals surface area contributed by atoms with Crippen molar-refractivity contribution in [1.29, 1.82) is 0 Å². The molecule has 0 spiro atoms. The van der Waals surface area contributed by atoms with Crippen molar-refractivity contribution < 1.29 is 49.0 Å². The molecule has 0 heterocycles. The van der Waals surface area contributed by atoms with Crippen molar-refractivity contribution >= 4 is 11.9 Å². The molecule has 28 heavy (non-hydrogen) atoms. The monoisotopic (exact) mass is 402 g/mol. The van der Waals surface area contributed by atoms with Crippen LogP contribution in [-0.2, 0) is 32.2 Å². The molecule has 0 radical (unpaired) electrons. The number of aromatic carboxylic acids is 2. The molecule has 4 N–H and O–H groups in total. The molecular weight excluding hydrogens is 376 g/mol. The minimum atomic E-state index is -1.30. The van der Waals surface area contributed by atoms with E-state index >= 15 is 0 Å². The fourth-order valence-corrected chi connectivity index (χ4v) is 2.30. The maximum absolute atomic E-state index is 11.7. The standard InChI is InChI=1S/C18H26O10/c19-5-1-7-25-11-27-9-13-3-4-14(17(21)22)15(16(13)18(23)24)10-28-12-26-8-2-6-20/h3-4,19-20H,1-2,5-12H2,(H,21,22)(H,23,24). The van der Waals surface area contributed by atoms with E-state index in [1.165, 1.54) is 12.1 Å². The number of carboxylic acids is 2. The Hall–Kier alpha value is -2.08. The minimum Gasteiger partial charge on any atom is -0.478 e. The second-order valence-corrected chi connectivity index (χ2v) is 5.64. The molecule has 1 rings (SSSR count). The van der Waals surface area contributed by atoms with Gasteiger partial charge in [-0.25, -0.2) is 9.59 Å². The van der Waals surface area contributed by atoms with E-state index in [1.807, 2.05) is 0 Å². The Morgan fingerprint density at radius 3 is 1.86 bits per heavy atom. The number of carboxylic acid groups (broad SMARTS) is 2. The third-order valence-electron chi connectivity index (χ3n) is 3.57. The topological polar surface area (TPSA) is 152 Å². The zero-order valence-electron chi connectivity index (χ0n) is 15.5. The predicted molar refractivity (Wildman–Crippen MR) is 95.0 cm³/mol. The Morgan fingerprint density at radius 1 is 0.786 bits per heavy atom. The van der Waals surface area contributed by atoms with Crippen LogP contribution in [0.25, 0.3) is 0 Å². The molecule has 0 atom stereocenters. The lowest BCUT2D eigenvalue weighted by Gasteiger charge is -2.15. The number of benzene rings is 1. The highest BCUT2D eigenvalue weighted by Gasteiger charge is 2.22. The highest BCUT2D eigenvalue weighted by Crippen LogP contribution is 2.22. The lowest BCUT2D eigenvalue weighted by Crippen LogP contribution is -2.16. The molecule has 0 saturated heterocycles. The number of aliphatic hydroxyl groups excluding tert-OH is 2. The molecule has 10 heteroatoms. The Bertz CT molecular complexity index is 617. The van der Waals surface area contributed by atoms with Gasteiger partial charge in [0.2, 0.25) is 0 Å². The fourth-order valence-electron chi connectivity index (χ4n) is 2.30.